The molecule has 1 aliphatic heterocycles. The van der Waals surface area contributed by atoms with Gasteiger partial charge in [0.25, 0.3) is 0 Å². The lowest BCUT2D eigenvalue weighted by Gasteiger charge is -2.18. The molecule has 0 aliphatic carbocycles. The molecule has 1 unspecified atom stereocenters. The molecule has 0 aromatic heterocycles. The Balaban J connectivity index is 1.62. The molecule has 1 heterocycles. The van der Waals surface area contributed by atoms with E-state index in [2.05, 4.69) is 32.7 Å². The lowest BCUT2D eigenvalue weighted by molar-refractivity contribution is 0.265. The van der Waals surface area contributed by atoms with Crippen molar-refractivity contribution in [2.24, 2.45) is 4.99 Å². The van der Waals surface area contributed by atoms with Gasteiger partial charge in [-0.3, -0.25) is 4.99 Å². The number of unbranched alkanes of at least 4 members (excludes halogenated alkanes) is 1. The molecule has 0 spiro atoms. The van der Waals surface area contributed by atoms with Gasteiger partial charge in [-0.25, -0.2) is 0 Å². The van der Waals surface area contributed by atoms with Crippen molar-refractivity contribution in [3.05, 3.63) is 35.9 Å². The number of aliphatic imine (C=N–C) groups is 1. The van der Waals surface area contributed by atoms with Crippen LogP contribution < -0.4 is 10.6 Å². The predicted molar refractivity (Wildman–Crippen MR) is 101 cm³/mol. The van der Waals surface area contributed by atoms with E-state index in [9.17, 15) is 5.11 Å². The Morgan fingerprint density at radius 2 is 1.92 bits per heavy atom. The third-order valence-electron chi connectivity index (χ3n) is 4.62. The molecule has 24 heavy (non-hydrogen) atoms. The summed E-state index contributed by atoms with van der Waals surface area (Å²) in [6.07, 6.45) is 5.11. The fourth-order valence-electron chi connectivity index (χ4n) is 3.13. The van der Waals surface area contributed by atoms with Crippen LogP contribution in [0, 0.1) is 0 Å². The third-order valence-corrected chi connectivity index (χ3v) is 4.62. The smallest absolute Gasteiger partial charge is 0.190 e. The van der Waals surface area contributed by atoms with Gasteiger partial charge < -0.3 is 20.6 Å². The standard InChI is InChI=1S/C19H32N4O/c1-20-19(21-11-5-6-12-23-13-7-8-14-23)22-15-18(16-24)17-9-3-2-4-10-17/h2-4,9-10,18,24H,5-8,11-16H2,1H3,(H2,20,21,22). The molecule has 0 radical (unpaired) electrons. The summed E-state index contributed by atoms with van der Waals surface area (Å²) in [4.78, 5) is 6.82. The molecule has 1 aromatic carbocycles. The van der Waals surface area contributed by atoms with Crippen LogP contribution in [0.5, 0.6) is 0 Å². The predicted octanol–water partition coefficient (Wildman–Crippen LogP) is 1.80. The molecule has 1 aliphatic rings. The maximum atomic E-state index is 9.61. The molecular weight excluding hydrogens is 300 g/mol. The number of benzene rings is 1. The third kappa shape index (κ3) is 6.49. The lowest BCUT2D eigenvalue weighted by Crippen LogP contribution is -2.40. The number of rotatable bonds is 9. The Morgan fingerprint density at radius 1 is 1.17 bits per heavy atom. The largest absolute Gasteiger partial charge is 0.396 e. The molecule has 1 aromatic rings. The summed E-state index contributed by atoms with van der Waals surface area (Å²) in [6, 6.07) is 10.1. The molecule has 134 valence electrons. The molecule has 5 nitrogen and oxygen atoms in total. The summed E-state index contributed by atoms with van der Waals surface area (Å²) in [6.45, 7) is 5.51. The molecule has 3 N–H and O–H groups in total. The van der Waals surface area contributed by atoms with E-state index in [4.69, 9.17) is 0 Å². The lowest BCUT2D eigenvalue weighted by atomic mass is 10.0. The van der Waals surface area contributed by atoms with Crippen LogP contribution in [0.4, 0.5) is 0 Å². The van der Waals surface area contributed by atoms with Gasteiger partial charge >= 0.3 is 0 Å². The highest BCUT2D eigenvalue weighted by molar-refractivity contribution is 5.79. The van der Waals surface area contributed by atoms with Crippen LogP contribution in [0.2, 0.25) is 0 Å². The normalized spacial score (nSPS) is 17.0. The Hall–Kier alpha value is -1.59. The van der Waals surface area contributed by atoms with Gasteiger partial charge in [-0.2, -0.15) is 0 Å². The zero-order chi connectivity index (χ0) is 17.0. The molecule has 0 amide bonds. The summed E-state index contributed by atoms with van der Waals surface area (Å²) in [7, 11) is 1.79. The fraction of sp³-hybridized carbons (Fsp3) is 0.632. The zero-order valence-corrected chi connectivity index (χ0v) is 14.9. The Kier molecular flexibility index (Phi) is 8.63. The summed E-state index contributed by atoms with van der Waals surface area (Å²) in [5, 5.41) is 16.3. The highest BCUT2D eigenvalue weighted by atomic mass is 16.3. The number of likely N-dealkylation sites (tertiary alicyclic amines) is 1. The second-order valence-electron chi connectivity index (χ2n) is 6.43. The number of hydrogen-bond donors (Lipinski definition) is 3. The van der Waals surface area contributed by atoms with E-state index < -0.39 is 0 Å². The van der Waals surface area contributed by atoms with Gasteiger partial charge in [0.1, 0.15) is 0 Å². The summed E-state index contributed by atoms with van der Waals surface area (Å²) < 4.78 is 0. The molecule has 1 saturated heterocycles. The Morgan fingerprint density at radius 3 is 2.58 bits per heavy atom. The van der Waals surface area contributed by atoms with Gasteiger partial charge in [0.05, 0.1) is 6.61 Å². The van der Waals surface area contributed by atoms with Crippen molar-refractivity contribution < 1.29 is 5.11 Å². The van der Waals surface area contributed by atoms with Gasteiger partial charge in [-0.15, -0.1) is 0 Å². The first-order chi connectivity index (χ1) is 11.8. The van der Waals surface area contributed by atoms with E-state index in [1.165, 1.54) is 38.9 Å². The zero-order valence-electron chi connectivity index (χ0n) is 14.9. The van der Waals surface area contributed by atoms with E-state index in [0.29, 0.717) is 6.54 Å². The van der Waals surface area contributed by atoms with Crippen LogP contribution in [0.25, 0.3) is 0 Å². The summed E-state index contributed by atoms with van der Waals surface area (Å²) in [5.74, 6) is 0.894. The van der Waals surface area contributed by atoms with E-state index in [1.807, 2.05) is 18.2 Å². The summed E-state index contributed by atoms with van der Waals surface area (Å²) in [5.41, 5.74) is 1.15. The Bertz CT molecular complexity index is 472. The molecule has 1 atom stereocenters. The van der Waals surface area contributed by atoms with Crippen molar-refractivity contribution >= 4 is 5.96 Å². The maximum absolute atomic E-state index is 9.61. The van der Waals surface area contributed by atoms with Gasteiger partial charge in [-0.05, 0) is 50.9 Å². The van der Waals surface area contributed by atoms with Gasteiger partial charge in [0.15, 0.2) is 5.96 Å². The van der Waals surface area contributed by atoms with Crippen molar-refractivity contribution in [1.82, 2.24) is 15.5 Å². The van der Waals surface area contributed by atoms with Crippen molar-refractivity contribution in [2.45, 2.75) is 31.6 Å². The van der Waals surface area contributed by atoms with Crippen molar-refractivity contribution in [3.63, 3.8) is 0 Å². The number of nitrogens with zero attached hydrogens (tertiary/aromatic N) is 2. The highest BCUT2D eigenvalue weighted by Crippen LogP contribution is 2.13. The quantitative estimate of drug-likeness (QED) is 0.367. The van der Waals surface area contributed by atoms with Crippen LogP contribution >= 0.6 is 0 Å². The number of nitrogens with one attached hydrogen (secondary N) is 2. The average molecular weight is 332 g/mol. The monoisotopic (exact) mass is 332 g/mol. The first-order valence-corrected chi connectivity index (χ1v) is 9.16. The molecule has 0 bridgehead atoms. The van der Waals surface area contributed by atoms with E-state index in [-0.39, 0.29) is 12.5 Å². The van der Waals surface area contributed by atoms with E-state index in [1.54, 1.807) is 7.05 Å². The number of guanidine groups is 1. The first-order valence-electron chi connectivity index (χ1n) is 9.16. The van der Waals surface area contributed by atoms with Crippen LogP contribution in [0.3, 0.4) is 0 Å². The minimum Gasteiger partial charge on any atom is -0.396 e. The highest BCUT2D eigenvalue weighted by Gasteiger charge is 2.11. The van der Waals surface area contributed by atoms with Gasteiger partial charge in [0, 0.05) is 26.1 Å². The SMILES string of the molecule is CN=C(NCCCCN1CCCC1)NCC(CO)c1ccccc1. The Labute approximate surface area is 146 Å². The van der Waals surface area contributed by atoms with Gasteiger partial charge in [0.2, 0.25) is 0 Å². The van der Waals surface area contributed by atoms with Gasteiger partial charge in [-0.1, -0.05) is 30.3 Å². The first kappa shape index (κ1) is 18.7. The van der Waals surface area contributed by atoms with Crippen LogP contribution in [0.1, 0.15) is 37.2 Å². The second kappa shape index (κ2) is 11.0. The minimum atomic E-state index is 0.0833. The number of aliphatic hydroxyl groups excluding tert-OH is 1. The van der Waals surface area contributed by atoms with E-state index in [0.717, 1.165) is 24.5 Å². The second-order valence-corrected chi connectivity index (χ2v) is 6.43. The number of aliphatic hydroxyl groups is 1. The molecule has 1 fully saturated rings. The van der Waals surface area contributed by atoms with Crippen LogP contribution in [0.15, 0.2) is 35.3 Å². The topological polar surface area (TPSA) is 59.9 Å². The van der Waals surface area contributed by atoms with Crippen molar-refractivity contribution in [3.8, 4) is 0 Å². The molecular formula is C19H32N4O. The molecule has 0 saturated carbocycles. The average Bonchev–Trinajstić information content (AvgIpc) is 3.14. The molecule has 2 rings (SSSR count). The fourth-order valence-corrected chi connectivity index (χ4v) is 3.13. The maximum Gasteiger partial charge on any atom is 0.190 e. The molecule has 5 heteroatoms. The van der Waals surface area contributed by atoms with Crippen LogP contribution in [-0.2, 0) is 0 Å². The van der Waals surface area contributed by atoms with Crippen molar-refractivity contribution in [2.75, 3.05) is 46.4 Å². The minimum absolute atomic E-state index is 0.0833. The van der Waals surface area contributed by atoms with E-state index >= 15 is 0 Å². The van der Waals surface area contributed by atoms with Crippen molar-refractivity contribution in [1.29, 1.82) is 0 Å². The summed E-state index contributed by atoms with van der Waals surface area (Å²) >= 11 is 0. The number of hydrogen-bond acceptors (Lipinski definition) is 3. The van der Waals surface area contributed by atoms with Crippen LogP contribution in [-0.4, -0.2) is 62.3 Å².